The quantitative estimate of drug-likeness (QED) is 0.312. The van der Waals surface area contributed by atoms with Crippen molar-refractivity contribution < 1.29 is 28.7 Å². The SMILES string of the molecule is COC(=O)CCCCCCC(=O)CC(=O)O[C@@H](C)CC(C)=O. The molecule has 0 aromatic carbocycles. The zero-order chi connectivity index (χ0) is 17.0. The topological polar surface area (TPSA) is 86.7 Å². The molecule has 0 saturated carbocycles. The van der Waals surface area contributed by atoms with Gasteiger partial charge in [0.05, 0.1) is 7.11 Å². The number of rotatable bonds is 12. The molecule has 0 amide bonds. The molecule has 0 aliphatic heterocycles. The maximum absolute atomic E-state index is 11.6. The highest BCUT2D eigenvalue weighted by Gasteiger charge is 2.15. The van der Waals surface area contributed by atoms with Gasteiger partial charge in [0, 0.05) is 19.3 Å². The molecule has 22 heavy (non-hydrogen) atoms. The Kier molecular flexibility index (Phi) is 11.0. The maximum Gasteiger partial charge on any atom is 0.313 e. The van der Waals surface area contributed by atoms with Crippen LogP contribution in [0, 0.1) is 0 Å². The Bertz CT molecular complexity index is 388. The van der Waals surface area contributed by atoms with Gasteiger partial charge in [0.1, 0.15) is 24.1 Å². The first kappa shape index (κ1) is 20.3. The lowest BCUT2D eigenvalue weighted by Gasteiger charge is -2.11. The second-order valence-electron chi connectivity index (χ2n) is 5.41. The third-order valence-electron chi connectivity index (χ3n) is 3.06. The first-order chi connectivity index (χ1) is 10.3. The molecule has 0 unspecified atom stereocenters. The second kappa shape index (κ2) is 11.9. The first-order valence-corrected chi connectivity index (χ1v) is 7.62. The summed E-state index contributed by atoms with van der Waals surface area (Å²) in [6.07, 6.45) is 3.27. The Hall–Kier alpha value is -1.72. The van der Waals surface area contributed by atoms with Gasteiger partial charge >= 0.3 is 11.9 Å². The third-order valence-corrected chi connectivity index (χ3v) is 3.06. The summed E-state index contributed by atoms with van der Waals surface area (Å²) in [4.78, 5) is 44.8. The van der Waals surface area contributed by atoms with Crippen molar-refractivity contribution in [3.63, 3.8) is 0 Å². The molecule has 6 nitrogen and oxygen atoms in total. The molecule has 1 atom stereocenters. The van der Waals surface area contributed by atoms with Crippen LogP contribution in [0.3, 0.4) is 0 Å². The van der Waals surface area contributed by atoms with Crippen molar-refractivity contribution in [1.82, 2.24) is 0 Å². The fourth-order valence-corrected chi connectivity index (χ4v) is 2.01. The van der Waals surface area contributed by atoms with Crippen LogP contribution in [-0.4, -0.2) is 36.7 Å². The molecular formula is C16H26O6. The van der Waals surface area contributed by atoms with Gasteiger partial charge in [0.25, 0.3) is 0 Å². The molecule has 126 valence electrons. The fourth-order valence-electron chi connectivity index (χ4n) is 2.01. The molecule has 0 bridgehead atoms. The van der Waals surface area contributed by atoms with E-state index in [2.05, 4.69) is 4.74 Å². The summed E-state index contributed by atoms with van der Waals surface area (Å²) in [6.45, 7) is 3.06. The van der Waals surface area contributed by atoms with E-state index in [0.29, 0.717) is 19.3 Å². The Labute approximate surface area is 131 Å². The minimum atomic E-state index is -0.579. The fraction of sp³-hybridized carbons (Fsp3) is 0.750. The predicted octanol–water partition coefficient (Wildman–Crippen LogP) is 2.37. The van der Waals surface area contributed by atoms with Crippen LogP contribution < -0.4 is 0 Å². The zero-order valence-corrected chi connectivity index (χ0v) is 13.7. The van der Waals surface area contributed by atoms with Crippen LogP contribution in [0.15, 0.2) is 0 Å². The number of methoxy groups -OCH3 is 1. The number of hydrogen-bond donors (Lipinski definition) is 0. The molecule has 0 aliphatic carbocycles. The Morgan fingerprint density at radius 2 is 1.50 bits per heavy atom. The van der Waals surface area contributed by atoms with E-state index >= 15 is 0 Å². The Morgan fingerprint density at radius 1 is 0.909 bits per heavy atom. The molecular weight excluding hydrogens is 288 g/mol. The number of Topliss-reactive ketones (excluding diaryl/α,β-unsaturated/α-hetero) is 2. The van der Waals surface area contributed by atoms with E-state index in [0.717, 1.165) is 19.3 Å². The van der Waals surface area contributed by atoms with Crippen molar-refractivity contribution in [2.24, 2.45) is 0 Å². The summed E-state index contributed by atoms with van der Waals surface area (Å²) in [6, 6.07) is 0. The monoisotopic (exact) mass is 314 g/mol. The lowest BCUT2D eigenvalue weighted by atomic mass is 10.1. The van der Waals surface area contributed by atoms with Gasteiger partial charge in [0.15, 0.2) is 0 Å². The normalized spacial score (nSPS) is 11.6. The third kappa shape index (κ3) is 12.1. The second-order valence-corrected chi connectivity index (χ2v) is 5.41. The van der Waals surface area contributed by atoms with Gasteiger partial charge in [0.2, 0.25) is 0 Å². The summed E-state index contributed by atoms with van der Waals surface area (Å²) < 4.78 is 9.51. The Balaban J connectivity index is 3.66. The van der Waals surface area contributed by atoms with Crippen molar-refractivity contribution in [2.45, 2.75) is 71.3 Å². The summed E-state index contributed by atoms with van der Waals surface area (Å²) >= 11 is 0. The molecule has 6 heteroatoms. The van der Waals surface area contributed by atoms with Gasteiger partial charge in [-0.15, -0.1) is 0 Å². The molecule has 0 saturated heterocycles. The van der Waals surface area contributed by atoms with Crippen LogP contribution in [-0.2, 0) is 28.7 Å². The number of hydrogen-bond acceptors (Lipinski definition) is 6. The summed E-state index contributed by atoms with van der Waals surface area (Å²) in [5.41, 5.74) is 0. The Morgan fingerprint density at radius 3 is 2.05 bits per heavy atom. The lowest BCUT2D eigenvalue weighted by Crippen LogP contribution is -2.19. The van der Waals surface area contributed by atoms with E-state index < -0.39 is 12.1 Å². The van der Waals surface area contributed by atoms with Crippen molar-refractivity contribution >= 4 is 23.5 Å². The van der Waals surface area contributed by atoms with E-state index in [1.165, 1.54) is 14.0 Å². The van der Waals surface area contributed by atoms with Gasteiger partial charge in [-0.05, 0) is 26.7 Å². The lowest BCUT2D eigenvalue weighted by molar-refractivity contribution is -0.151. The van der Waals surface area contributed by atoms with Gasteiger partial charge in [-0.2, -0.15) is 0 Å². The molecule has 0 aliphatic rings. The van der Waals surface area contributed by atoms with Crippen molar-refractivity contribution in [3.05, 3.63) is 0 Å². The average Bonchev–Trinajstić information content (AvgIpc) is 2.40. The highest BCUT2D eigenvalue weighted by molar-refractivity contribution is 5.95. The van der Waals surface area contributed by atoms with Crippen LogP contribution in [0.1, 0.15) is 65.2 Å². The van der Waals surface area contributed by atoms with E-state index in [4.69, 9.17) is 4.74 Å². The molecule has 0 spiro atoms. The number of ether oxygens (including phenoxy) is 2. The summed E-state index contributed by atoms with van der Waals surface area (Å²) in [5.74, 6) is -1.02. The van der Waals surface area contributed by atoms with Crippen LogP contribution >= 0.6 is 0 Å². The minimum Gasteiger partial charge on any atom is -0.469 e. The van der Waals surface area contributed by atoms with E-state index in [9.17, 15) is 19.2 Å². The first-order valence-electron chi connectivity index (χ1n) is 7.62. The number of carbonyl (C=O) groups is 4. The highest BCUT2D eigenvalue weighted by atomic mass is 16.5. The zero-order valence-electron chi connectivity index (χ0n) is 13.7. The van der Waals surface area contributed by atoms with Crippen LogP contribution in [0.2, 0.25) is 0 Å². The van der Waals surface area contributed by atoms with Gasteiger partial charge in [-0.25, -0.2) is 0 Å². The van der Waals surface area contributed by atoms with Crippen molar-refractivity contribution in [2.75, 3.05) is 7.11 Å². The van der Waals surface area contributed by atoms with Crippen molar-refractivity contribution in [3.8, 4) is 0 Å². The number of unbranched alkanes of at least 4 members (excludes halogenated alkanes) is 3. The van der Waals surface area contributed by atoms with Crippen LogP contribution in [0.5, 0.6) is 0 Å². The molecule has 0 aromatic heterocycles. The van der Waals surface area contributed by atoms with Gasteiger partial charge < -0.3 is 9.47 Å². The van der Waals surface area contributed by atoms with Gasteiger partial charge in [-0.3, -0.25) is 19.2 Å². The number of esters is 2. The maximum atomic E-state index is 11.6. The average molecular weight is 314 g/mol. The molecule has 0 radical (unpaired) electrons. The van der Waals surface area contributed by atoms with E-state index in [-0.39, 0.29) is 30.4 Å². The summed E-state index contributed by atoms with van der Waals surface area (Å²) in [7, 11) is 1.36. The van der Waals surface area contributed by atoms with Crippen molar-refractivity contribution in [1.29, 1.82) is 0 Å². The largest absolute Gasteiger partial charge is 0.469 e. The summed E-state index contributed by atoms with van der Waals surface area (Å²) in [5, 5.41) is 0. The predicted molar refractivity (Wildman–Crippen MR) is 80.2 cm³/mol. The van der Waals surface area contributed by atoms with Crippen LogP contribution in [0.4, 0.5) is 0 Å². The smallest absolute Gasteiger partial charge is 0.313 e. The van der Waals surface area contributed by atoms with Gasteiger partial charge in [-0.1, -0.05) is 12.8 Å². The number of ketones is 2. The molecule has 0 heterocycles. The number of carbonyl (C=O) groups excluding carboxylic acids is 4. The molecule has 0 fully saturated rings. The molecule has 0 N–H and O–H groups in total. The standard InChI is InChI=1S/C16H26O6/c1-12(17)10-13(2)22-16(20)11-14(18)8-6-4-5-7-9-15(19)21-3/h13H,4-11H2,1-3H3/t13-/m0/s1. The highest BCUT2D eigenvalue weighted by Crippen LogP contribution is 2.08. The van der Waals surface area contributed by atoms with E-state index in [1.807, 2.05) is 0 Å². The molecule has 0 aromatic rings. The van der Waals surface area contributed by atoms with Crippen LogP contribution in [0.25, 0.3) is 0 Å². The molecule has 0 rings (SSSR count). The minimum absolute atomic E-state index is 0.0569. The van der Waals surface area contributed by atoms with E-state index in [1.54, 1.807) is 6.92 Å².